The Balaban J connectivity index is 1.62. The molecule has 0 aliphatic carbocycles. The van der Waals surface area contributed by atoms with E-state index >= 15 is 0 Å². The highest BCUT2D eigenvalue weighted by Crippen LogP contribution is 2.23. The van der Waals surface area contributed by atoms with Crippen molar-refractivity contribution in [3.63, 3.8) is 0 Å². The number of hydrogen-bond acceptors (Lipinski definition) is 2. The van der Waals surface area contributed by atoms with Crippen LogP contribution in [0, 0.1) is 19.8 Å². The second-order valence-corrected chi connectivity index (χ2v) is 6.10. The molecule has 4 heteroatoms. The van der Waals surface area contributed by atoms with Crippen molar-refractivity contribution in [3.8, 4) is 0 Å². The van der Waals surface area contributed by atoms with Crippen molar-refractivity contribution in [2.45, 2.75) is 20.3 Å². The maximum atomic E-state index is 12.3. The largest absolute Gasteiger partial charge is 0.364 e. The molecule has 0 saturated carbocycles. The lowest BCUT2D eigenvalue weighted by Crippen LogP contribution is -2.51. The standard InChI is InChI=1S/C18H20N2O2/c1-12-5-3-4-6-15(12)8-14-10-20(11-14)18(22)16-9-19-13(2)7-17(16)21/h3-7,9,14H,8,10-11H2,1-2H3,(H,19,21). The molecule has 0 atom stereocenters. The average molecular weight is 296 g/mol. The van der Waals surface area contributed by atoms with Gasteiger partial charge in [-0.3, -0.25) is 9.59 Å². The first kappa shape index (κ1) is 14.6. The molecular formula is C18H20N2O2. The van der Waals surface area contributed by atoms with Crippen molar-refractivity contribution in [2.75, 3.05) is 13.1 Å². The van der Waals surface area contributed by atoms with Gasteiger partial charge in [-0.25, -0.2) is 0 Å². The minimum atomic E-state index is -0.205. The van der Waals surface area contributed by atoms with E-state index < -0.39 is 0 Å². The fourth-order valence-electron chi connectivity index (χ4n) is 2.93. The molecule has 1 aliphatic rings. The number of rotatable bonds is 3. The van der Waals surface area contributed by atoms with Gasteiger partial charge < -0.3 is 9.88 Å². The number of pyridine rings is 1. The zero-order chi connectivity index (χ0) is 15.7. The third-order valence-electron chi connectivity index (χ3n) is 4.30. The first-order valence-corrected chi connectivity index (χ1v) is 7.57. The molecule has 22 heavy (non-hydrogen) atoms. The van der Waals surface area contributed by atoms with Gasteiger partial charge >= 0.3 is 0 Å². The number of nitrogens with zero attached hydrogens (tertiary/aromatic N) is 1. The summed E-state index contributed by atoms with van der Waals surface area (Å²) in [5.41, 5.74) is 3.43. The van der Waals surface area contributed by atoms with Crippen LogP contribution in [0.2, 0.25) is 0 Å². The molecule has 0 spiro atoms. The van der Waals surface area contributed by atoms with Crippen molar-refractivity contribution in [1.29, 1.82) is 0 Å². The van der Waals surface area contributed by atoms with Gasteiger partial charge in [0.05, 0.1) is 0 Å². The Labute approximate surface area is 129 Å². The van der Waals surface area contributed by atoms with Crippen LogP contribution in [0.4, 0.5) is 0 Å². The minimum Gasteiger partial charge on any atom is -0.364 e. The first-order chi connectivity index (χ1) is 10.5. The van der Waals surface area contributed by atoms with E-state index in [0.29, 0.717) is 5.92 Å². The van der Waals surface area contributed by atoms with Gasteiger partial charge in [0.1, 0.15) is 5.56 Å². The Bertz CT molecular complexity index is 758. The van der Waals surface area contributed by atoms with Gasteiger partial charge in [-0.1, -0.05) is 24.3 Å². The Morgan fingerprint density at radius 1 is 1.27 bits per heavy atom. The average Bonchev–Trinajstić information content (AvgIpc) is 2.43. The number of aromatic amines is 1. The lowest BCUT2D eigenvalue weighted by atomic mass is 9.90. The number of aromatic nitrogens is 1. The van der Waals surface area contributed by atoms with Crippen molar-refractivity contribution >= 4 is 5.91 Å². The van der Waals surface area contributed by atoms with Gasteiger partial charge in [-0.05, 0) is 37.3 Å². The molecule has 0 radical (unpaired) electrons. The molecule has 1 amide bonds. The summed E-state index contributed by atoms with van der Waals surface area (Å²) in [6.45, 7) is 5.36. The maximum absolute atomic E-state index is 12.3. The maximum Gasteiger partial charge on any atom is 0.259 e. The van der Waals surface area contributed by atoms with Crippen molar-refractivity contribution in [3.05, 3.63) is 69.1 Å². The normalized spacial score (nSPS) is 14.7. The lowest BCUT2D eigenvalue weighted by Gasteiger charge is -2.39. The molecule has 0 bridgehead atoms. The molecule has 1 saturated heterocycles. The lowest BCUT2D eigenvalue weighted by molar-refractivity contribution is 0.0499. The topological polar surface area (TPSA) is 53.2 Å². The number of nitrogens with one attached hydrogen (secondary N) is 1. The third-order valence-corrected chi connectivity index (χ3v) is 4.30. The zero-order valence-corrected chi connectivity index (χ0v) is 12.9. The van der Waals surface area contributed by atoms with Crippen molar-refractivity contribution in [1.82, 2.24) is 9.88 Å². The number of amides is 1. The molecular weight excluding hydrogens is 276 g/mol. The quantitative estimate of drug-likeness (QED) is 0.945. The van der Waals surface area contributed by atoms with E-state index in [2.05, 4.69) is 30.1 Å². The van der Waals surface area contributed by atoms with Crippen LogP contribution >= 0.6 is 0 Å². The highest BCUT2D eigenvalue weighted by Gasteiger charge is 2.32. The van der Waals surface area contributed by atoms with Crippen LogP contribution in [0.5, 0.6) is 0 Å². The highest BCUT2D eigenvalue weighted by atomic mass is 16.2. The molecule has 3 rings (SSSR count). The van der Waals surface area contributed by atoms with Gasteiger partial charge in [0.25, 0.3) is 5.91 Å². The molecule has 1 aromatic heterocycles. The van der Waals surface area contributed by atoms with Crippen LogP contribution in [0.3, 0.4) is 0 Å². The summed E-state index contributed by atoms with van der Waals surface area (Å²) < 4.78 is 0. The molecule has 2 heterocycles. The van der Waals surface area contributed by atoms with Gasteiger partial charge in [0.2, 0.25) is 0 Å². The van der Waals surface area contributed by atoms with Crippen LogP contribution in [0.25, 0.3) is 0 Å². The summed E-state index contributed by atoms with van der Waals surface area (Å²) in [5.74, 6) is 0.317. The summed E-state index contributed by atoms with van der Waals surface area (Å²) in [6.07, 6.45) is 2.51. The van der Waals surface area contributed by atoms with E-state index in [0.717, 1.165) is 25.2 Å². The summed E-state index contributed by atoms with van der Waals surface area (Å²) in [7, 11) is 0. The van der Waals surface area contributed by atoms with Gasteiger partial charge in [-0.15, -0.1) is 0 Å². The molecule has 0 unspecified atom stereocenters. The second-order valence-electron chi connectivity index (χ2n) is 6.10. The molecule has 4 nitrogen and oxygen atoms in total. The smallest absolute Gasteiger partial charge is 0.259 e. The summed E-state index contributed by atoms with van der Waals surface area (Å²) in [5, 5.41) is 0. The fraction of sp³-hybridized carbons (Fsp3) is 0.333. The Kier molecular flexibility index (Phi) is 3.84. The summed E-state index contributed by atoms with van der Waals surface area (Å²) >= 11 is 0. The second kappa shape index (κ2) is 5.79. The highest BCUT2D eigenvalue weighted by molar-refractivity contribution is 5.94. The number of aryl methyl sites for hydroxylation is 2. The molecule has 1 aliphatic heterocycles. The van der Waals surface area contributed by atoms with Gasteiger partial charge in [0.15, 0.2) is 5.43 Å². The van der Waals surface area contributed by atoms with E-state index in [1.807, 2.05) is 6.07 Å². The van der Waals surface area contributed by atoms with E-state index in [4.69, 9.17) is 0 Å². The minimum absolute atomic E-state index is 0.165. The first-order valence-electron chi connectivity index (χ1n) is 7.57. The van der Waals surface area contributed by atoms with Crippen LogP contribution in [-0.2, 0) is 6.42 Å². The Hall–Kier alpha value is -2.36. The van der Waals surface area contributed by atoms with Gasteiger partial charge in [0, 0.05) is 31.0 Å². The van der Waals surface area contributed by atoms with Crippen LogP contribution in [0.1, 0.15) is 27.2 Å². The van der Waals surface area contributed by atoms with Crippen LogP contribution in [0.15, 0.2) is 41.3 Å². The van der Waals surface area contributed by atoms with Gasteiger partial charge in [-0.2, -0.15) is 0 Å². The zero-order valence-electron chi connectivity index (χ0n) is 12.9. The molecule has 1 aromatic carbocycles. The molecule has 114 valence electrons. The number of carbonyl (C=O) groups is 1. The molecule has 2 aromatic rings. The van der Waals surface area contributed by atoms with E-state index in [-0.39, 0.29) is 16.9 Å². The molecule has 1 N–H and O–H groups in total. The van der Waals surface area contributed by atoms with Crippen molar-refractivity contribution < 1.29 is 4.79 Å². The van der Waals surface area contributed by atoms with Crippen LogP contribution < -0.4 is 5.43 Å². The van der Waals surface area contributed by atoms with E-state index in [9.17, 15) is 9.59 Å². The van der Waals surface area contributed by atoms with Crippen LogP contribution in [-0.4, -0.2) is 28.9 Å². The fourth-order valence-corrected chi connectivity index (χ4v) is 2.93. The Morgan fingerprint density at radius 3 is 2.68 bits per heavy atom. The van der Waals surface area contributed by atoms with E-state index in [1.165, 1.54) is 23.4 Å². The predicted molar refractivity (Wildman–Crippen MR) is 86.1 cm³/mol. The number of benzene rings is 1. The van der Waals surface area contributed by atoms with E-state index in [1.54, 1.807) is 11.8 Å². The molecule has 1 fully saturated rings. The van der Waals surface area contributed by atoms with Crippen molar-refractivity contribution in [2.24, 2.45) is 5.92 Å². The Morgan fingerprint density at radius 2 is 2.00 bits per heavy atom. The summed E-state index contributed by atoms with van der Waals surface area (Å²) in [6, 6.07) is 9.82. The SMILES string of the molecule is Cc1cc(=O)c(C(=O)N2CC(Cc3ccccc3C)C2)c[nH]1. The third kappa shape index (κ3) is 2.82. The number of likely N-dealkylation sites (tertiary alicyclic amines) is 1. The summed E-state index contributed by atoms with van der Waals surface area (Å²) in [4.78, 5) is 28.9. The predicted octanol–water partition coefficient (Wildman–Crippen LogP) is 2.31. The monoisotopic (exact) mass is 296 g/mol. The number of hydrogen-bond donors (Lipinski definition) is 1. The number of H-pyrrole nitrogens is 1. The number of carbonyl (C=O) groups excluding carboxylic acids is 1.